The number of hydrogen-bond acceptors (Lipinski definition) is 3. The van der Waals surface area contributed by atoms with Gasteiger partial charge in [-0.05, 0) is 42.8 Å². The molecule has 1 N–H and O–H groups in total. The maximum atomic E-state index is 10.1. The molecule has 0 aliphatic heterocycles. The molecule has 0 fully saturated rings. The highest BCUT2D eigenvalue weighted by Crippen LogP contribution is 2.21. The number of halogens is 1. The molecule has 2 aromatic rings. The maximum absolute atomic E-state index is 10.1. The summed E-state index contributed by atoms with van der Waals surface area (Å²) in [5.74, 6) is 1.43. The largest absolute Gasteiger partial charge is 0.494 e. The van der Waals surface area contributed by atoms with E-state index < -0.39 is 6.10 Å². The van der Waals surface area contributed by atoms with Crippen LogP contribution in [0, 0.1) is 0 Å². The lowest BCUT2D eigenvalue weighted by Crippen LogP contribution is -2.09. The third-order valence-corrected chi connectivity index (χ3v) is 3.01. The highest BCUT2D eigenvalue weighted by Gasteiger charge is 2.09. The second kappa shape index (κ2) is 7.17. The molecule has 0 saturated carbocycles. The van der Waals surface area contributed by atoms with Gasteiger partial charge in [0.05, 0.1) is 6.61 Å². The predicted molar refractivity (Wildman–Crippen MR) is 79.5 cm³/mol. The summed E-state index contributed by atoms with van der Waals surface area (Å²) in [4.78, 5) is 0. The molecule has 2 aromatic carbocycles. The van der Waals surface area contributed by atoms with Gasteiger partial charge in [-0.2, -0.15) is 0 Å². The number of hydrogen-bond donors (Lipinski definition) is 1. The minimum absolute atomic E-state index is 0.175. The van der Waals surface area contributed by atoms with Gasteiger partial charge in [-0.1, -0.05) is 29.8 Å². The van der Waals surface area contributed by atoms with Gasteiger partial charge < -0.3 is 14.6 Å². The number of aliphatic hydroxyl groups excluding tert-OH is 1. The van der Waals surface area contributed by atoms with E-state index in [1.165, 1.54) is 0 Å². The Balaban J connectivity index is 1.92. The summed E-state index contributed by atoms with van der Waals surface area (Å²) < 4.78 is 10.9. The molecule has 20 heavy (non-hydrogen) atoms. The van der Waals surface area contributed by atoms with Crippen molar-refractivity contribution >= 4 is 11.6 Å². The van der Waals surface area contributed by atoms with Crippen LogP contribution in [0.3, 0.4) is 0 Å². The van der Waals surface area contributed by atoms with Crippen molar-refractivity contribution < 1.29 is 14.6 Å². The number of aliphatic hydroxyl groups is 1. The first-order valence-corrected chi connectivity index (χ1v) is 6.86. The summed E-state index contributed by atoms with van der Waals surface area (Å²) in [7, 11) is 0. The van der Waals surface area contributed by atoms with Crippen LogP contribution in [-0.2, 0) is 0 Å². The zero-order chi connectivity index (χ0) is 14.4. The third-order valence-electron chi connectivity index (χ3n) is 2.78. The van der Waals surface area contributed by atoms with E-state index in [0.717, 1.165) is 11.3 Å². The summed E-state index contributed by atoms with van der Waals surface area (Å²) in [6.07, 6.45) is -0.690. The number of ether oxygens (including phenoxy) is 2. The van der Waals surface area contributed by atoms with Crippen LogP contribution in [-0.4, -0.2) is 18.3 Å². The zero-order valence-electron chi connectivity index (χ0n) is 11.3. The van der Waals surface area contributed by atoms with Gasteiger partial charge in [-0.25, -0.2) is 0 Å². The summed E-state index contributed by atoms with van der Waals surface area (Å²) in [6, 6.07) is 14.4. The second-order valence-corrected chi connectivity index (χ2v) is 4.72. The molecule has 106 valence electrons. The fraction of sp³-hybridized carbons (Fsp3) is 0.250. The van der Waals surface area contributed by atoms with E-state index in [1.54, 1.807) is 24.3 Å². The molecule has 0 bridgehead atoms. The van der Waals surface area contributed by atoms with Crippen molar-refractivity contribution in [3.05, 3.63) is 59.1 Å². The zero-order valence-corrected chi connectivity index (χ0v) is 12.0. The van der Waals surface area contributed by atoms with E-state index in [9.17, 15) is 5.11 Å². The van der Waals surface area contributed by atoms with Crippen LogP contribution in [0.15, 0.2) is 48.5 Å². The van der Waals surface area contributed by atoms with Crippen molar-refractivity contribution in [1.82, 2.24) is 0 Å². The third kappa shape index (κ3) is 4.15. The van der Waals surface area contributed by atoms with Crippen molar-refractivity contribution in [2.75, 3.05) is 13.2 Å². The van der Waals surface area contributed by atoms with E-state index in [1.807, 2.05) is 31.2 Å². The average Bonchev–Trinajstić information content (AvgIpc) is 2.46. The highest BCUT2D eigenvalue weighted by molar-refractivity contribution is 6.30. The molecule has 0 amide bonds. The SMILES string of the molecule is CCOc1ccc(C(O)COc2cccc(Cl)c2)cc1. The van der Waals surface area contributed by atoms with Gasteiger partial charge in [0.1, 0.15) is 24.2 Å². The van der Waals surface area contributed by atoms with E-state index in [4.69, 9.17) is 21.1 Å². The van der Waals surface area contributed by atoms with Crippen LogP contribution in [0.5, 0.6) is 11.5 Å². The van der Waals surface area contributed by atoms with Crippen LogP contribution < -0.4 is 9.47 Å². The molecule has 2 rings (SSSR count). The highest BCUT2D eigenvalue weighted by atomic mass is 35.5. The minimum Gasteiger partial charge on any atom is -0.494 e. The molecule has 1 atom stereocenters. The molecular formula is C16H17ClO3. The molecule has 0 aromatic heterocycles. The van der Waals surface area contributed by atoms with Gasteiger partial charge in [0, 0.05) is 5.02 Å². The molecule has 0 spiro atoms. The van der Waals surface area contributed by atoms with E-state index in [2.05, 4.69) is 0 Å². The minimum atomic E-state index is -0.690. The molecule has 3 nitrogen and oxygen atoms in total. The van der Waals surface area contributed by atoms with Crippen molar-refractivity contribution in [3.63, 3.8) is 0 Å². The standard InChI is InChI=1S/C16H17ClO3/c1-2-19-14-8-6-12(7-9-14)16(18)11-20-15-5-3-4-13(17)10-15/h3-10,16,18H,2,11H2,1H3. The Morgan fingerprint density at radius 1 is 1.05 bits per heavy atom. The molecule has 4 heteroatoms. The average molecular weight is 293 g/mol. The Kier molecular flexibility index (Phi) is 5.27. The van der Waals surface area contributed by atoms with Crippen LogP contribution in [0.4, 0.5) is 0 Å². The predicted octanol–water partition coefficient (Wildman–Crippen LogP) is 3.85. The first-order valence-electron chi connectivity index (χ1n) is 6.48. The van der Waals surface area contributed by atoms with Gasteiger partial charge in [0.2, 0.25) is 0 Å². The first-order chi connectivity index (χ1) is 9.69. The summed E-state index contributed by atoms with van der Waals surface area (Å²) in [5, 5.41) is 10.7. The molecule has 1 unspecified atom stereocenters. The van der Waals surface area contributed by atoms with Crippen LogP contribution in [0.25, 0.3) is 0 Å². The molecule has 0 heterocycles. The smallest absolute Gasteiger partial charge is 0.120 e. The van der Waals surface area contributed by atoms with Crippen LogP contribution >= 0.6 is 11.6 Å². The van der Waals surface area contributed by atoms with Gasteiger partial charge in [-0.15, -0.1) is 0 Å². The molecular weight excluding hydrogens is 276 g/mol. The monoisotopic (exact) mass is 292 g/mol. The van der Waals surface area contributed by atoms with Crippen LogP contribution in [0.1, 0.15) is 18.6 Å². The van der Waals surface area contributed by atoms with Crippen molar-refractivity contribution in [1.29, 1.82) is 0 Å². The lowest BCUT2D eigenvalue weighted by molar-refractivity contribution is 0.108. The molecule has 0 radical (unpaired) electrons. The fourth-order valence-corrected chi connectivity index (χ4v) is 1.96. The Morgan fingerprint density at radius 3 is 2.45 bits per heavy atom. The van der Waals surface area contributed by atoms with Crippen molar-refractivity contribution in [2.45, 2.75) is 13.0 Å². The van der Waals surface area contributed by atoms with Crippen molar-refractivity contribution in [2.24, 2.45) is 0 Å². The lowest BCUT2D eigenvalue weighted by atomic mass is 10.1. The Bertz CT molecular complexity index is 540. The first kappa shape index (κ1) is 14.7. The quantitative estimate of drug-likeness (QED) is 0.879. The Morgan fingerprint density at radius 2 is 1.80 bits per heavy atom. The fourth-order valence-electron chi connectivity index (χ4n) is 1.78. The number of rotatable bonds is 6. The van der Waals surface area contributed by atoms with Gasteiger partial charge in [-0.3, -0.25) is 0 Å². The summed E-state index contributed by atoms with van der Waals surface area (Å²) in [6.45, 7) is 2.73. The summed E-state index contributed by atoms with van der Waals surface area (Å²) >= 11 is 5.87. The van der Waals surface area contributed by atoms with Crippen LogP contribution in [0.2, 0.25) is 5.02 Å². The van der Waals surface area contributed by atoms with E-state index in [0.29, 0.717) is 17.4 Å². The maximum Gasteiger partial charge on any atom is 0.120 e. The van der Waals surface area contributed by atoms with Gasteiger partial charge >= 0.3 is 0 Å². The topological polar surface area (TPSA) is 38.7 Å². The molecule has 0 aliphatic carbocycles. The van der Waals surface area contributed by atoms with Crippen molar-refractivity contribution in [3.8, 4) is 11.5 Å². The lowest BCUT2D eigenvalue weighted by Gasteiger charge is -2.13. The van der Waals surface area contributed by atoms with Gasteiger partial charge in [0.15, 0.2) is 0 Å². The Hall–Kier alpha value is -1.71. The van der Waals surface area contributed by atoms with E-state index in [-0.39, 0.29) is 6.61 Å². The molecule has 0 saturated heterocycles. The van der Waals surface area contributed by atoms with E-state index >= 15 is 0 Å². The second-order valence-electron chi connectivity index (χ2n) is 4.29. The summed E-state index contributed by atoms with van der Waals surface area (Å²) in [5.41, 5.74) is 0.787. The molecule has 0 aliphatic rings. The normalized spacial score (nSPS) is 11.9. The van der Waals surface area contributed by atoms with Gasteiger partial charge in [0.25, 0.3) is 0 Å². The Labute approximate surface area is 123 Å². The number of benzene rings is 2.